The molecule has 5 nitrogen and oxygen atoms in total. The highest BCUT2D eigenvalue weighted by molar-refractivity contribution is 5.90. The number of hydrogen-bond acceptors (Lipinski definition) is 3. The van der Waals surface area contributed by atoms with Crippen molar-refractivity contribution in [3.05, 3.63) is 0 Å². The third-order valence-electron chi connectivity index (χ3n) is 3.62. The van der Waals surface area contributed by atoms with Gasteiger partial charge < -0.3 is 16.8 Å². The highest BCUT2D eigenvalue weighted by Gasteiger charge is 2.35. The Hall–Kier alpha value is -1.10. The van der Waals surface area contributed by atoms with Crippen LogP contribution in [0.3, 0.4) is 0 Å². The zero-order chi connectivity index (χ0) is 13.2. The number of nitrogens with two attached hydrogens (primary N) is 2. The van der Waals surface area contributed by atoms with E-state index in [0.717, 1.165) is 12.8 Å². The number of rotatable bonds is 3. The molecule has 0 spiro atoms. The minimum Gasteiger partial charge on any atom is -0.368 e. The van der Waals surface area contributed by atoms with Crippen molar-refractivity contribution in [2.24, 2.45) is 23.3 Å². The van der Waals surface area contributed by atoms with E-state index < -0.39 is 11.4 Å². The summed E-state index contributed by atoms with van der Waals surface area (Å²) in [6.07, 6.45) is 2.60. The van der Waals surface area contributed by atoms with Gasteiger partial charge in [0, 0.05) is 12.0 Å². The summed E-state index contributed by atoms with van der Waals surface area (Å²) in [5, 5.41) is 2.71. The average Bonchev–Trinajstić information content (AvgIpc) is 2.20. The van der Waals surface area contributed by atoms with Gasteiger partial charge in [0.15, 0.2) is 0 Å². The minimum atomic E-state index is -1.00. The van der Waals surface area contributed by atoms with Crippen LogP contribution in [0.15, 0.2) is 0 Å². The molecule has 0 radical (unpaired) electrons. The molecule has 0 saturated heterocycles. The number of carbonyl (C=O) groups is 2. The second-order valence-corrected chi connectivity index (χ2v) is 5.64. The number of nitrogens with one attached hydrogen (secondary N) is 1. The molecule has 1 aliphatic rings. The van der Waals surface area contributed by atoms with Crippen molar-refractivity contribution in [1.82, 2.24) is 5.32 Å². The van der Waals surface area contributed by atoms with E-state index in [4.69, 9.17) is 11.5 Å². The van der Waals surface area contributed by atoms with Gasteiger partial charge in [0.25, 0.3) is 0 Å². The Labute approximate surface area is 102 Å². The van der Waals surface area contributed by atoms with Crippen LogP contribution in [0.1, 0.15) is 40.0 Å². The highest BCUT2D eigenvalue weighted by Crippen LogP contribution is 2.29. The molecular weight excluding hydrogens is 218 g/mol. The molecular formula is C12H23N3O2. The van der Waals surface area contributed by atoms with Gasteiger partial charge in [0.2, 0.25) is 11.8 Å². The molecule has 17 heavy (non-hydrogen) atoms. The summed E-state index contributed by atoms with van der Waals surface area (Å²) in [5.41, 5.74) is 10.1. The van der Waals surface area contributed by atoms with Gasteiger partial charge in [0.05, 0.1) is 0 Å². The average molecular weight is 241 g/mol. The fraction of sp³-hybridized carbons (Fsp3) is 0.833. The normalized spacial score (nSPS) is 29.8. The summed E-state index contributed by atoms with van der Waals surface area (Å²) in [6.45, 7) is 5.27. The monoisotopic (exact) mass is 241 g/mol. The molecule has 0 aromatic rings. The summed E-state index contributed by atoms with van der Waals surface area (Å²) in [5.74, 6) is -0.453. The Morgan fingerprint density at radius 3 is 2.41 bits per heavy atom. The van der Waals surface area contributed by atoms with E-state index >= 15 is 0 Å². The molecule has 1 aliphatic carbocycles. The lowest BCUT2D eigenvalue weighted by molar-refractivity contribution is -0.134. The summed E-state index contributed by atoms with van der Waals surface area (Å²) in [7, 11) is 0. The molecule has 0 aromatic heterocycles. The van der Waals surface area contributed by atoms with Gasteiger partial charge in [-0.25, -0.2) is 0 Å². The van der Waals surface area contributed by atoms with Crippen LogP contribution in [0.2, 0.25) is 0 Å². The number of amides is 2. The van der Waals surface area contributed by atoms with Gasteiger partial charge in [-0.2, -0.15) is 0 Å². The van der Waals surface area contributed by atoms with Gasteiger partial charge >= 0.3 is 0 Å². The predicted molar refractivity (Wildman–Crippen MR) is 65.9 cm³/mol. The quantitative estimate of drug-likeness (QED) is 0.655. The molecule has 5 heteroatoms. The molecule has 0 bridgehead atoms. The Bertz CT molecular complexity index is 315. The van der Waals surface area contributed by atoms with Crippen molar-refractivity contribution in [2.45, 2.75) is 51.6 Å². The molecule has 2 amide bonds. The third kappa shape index (κ3) is 3.43. The molecule has 1 rings (SSSR count). The summed E-state index contributed by atoms with van der Waals surface area (Å²) in [6, 6.07) is 0.0821. The van der Waals surface area contributed by atoms with Gasteiger partial charge in [-0.1, -0.05) is 6.92 Å². The van der Waals surface area contributed by atoms with Crippen LogP contribution in [-0.2, 0) is 9.59 Å². The van der Waals surface area contributed by atoms with Crippen LogP contribution < -0.4 is 16.8 Å². The first-order chi connectivity index (χ1) is 7.74. The van der Waals surface area contributed by atoms with Crippen molar-refractivity contribution in [1.29, 1.82) is 0 Å². The van der Waals surface area contributed by atoms with Gasteiger partial charge in [-0.15, -0.1) is 0 Å². The van der Waals surface area contributed by atoms with E-state index in [1.54, 1.807) is 13.8 Å². The molecule has 3 atom stereocenters. The molecule has 5 N–H and O–H groups in total. The second kappa shape index (κ2) is 5.04. The number of primary amides is 1. The lowest BCUT2D eigenvalue weighted by Gasteiger charge is -2.34. The first-order valence-electron chi connectivity index (χ1n) is 6.11. The van der Waals surface area contributed by atoms with Crippen molar-refractivity contribution in [2.75, 3.05) is 0 Å². The highest BCUT2D eigenvalue weighted by atomic mass is 16.2. The zero-order valence-corrected chi connectivity index (χ0v) is 10.8. The molecule has 98 valence electrons. The SMILES string of the molecule is CC1CCC(N)CC1C(=O)NC(C)(C)C(N)=O. The zero-order valence-electron chi connectivity index (χ0n) is 10.8. The van der Waals surface area contributed by atoms with Crippen LogP contribution in [0.25, 0.3) is 0 Å². The van der Waals surface area contributed by atoms with Gasteiger partial charge in [0.1, 0.15) is 5.54 Å². The van der Waals surface area contributed by atoms with Gasteiger partial charge in [-0.3, -0.25) is 9.59 Å². The van der Waals surface area contributed by atoms with Crippen molar-refractivity contribution < 1.29 is 9.59 Å². The summed E-state index contributed by atoms with van der Waals surface area (Å²) >= 11 is 0. The fourth-order valence-corrected chi connectivity index (χ4v) is 2.18. The topological polar surface area (TPSA) is 98.2 Å². The van der Waals surface area contributed by atoms with Crippen LogP contribution in [0.5, 0.6) is 0 Å². The van der Waals surface area contributed by atoms with Crippen LogP contribution in [0.4, 0.5) is 0 Å². The molecule has 3 unspecified atom stereocenters. The Morgan fingerprint density at radius 2 is 1.88 bits per heavy atom. The summed E-state index contributed by atoms with van der Waals surface area (Å²) < 4.78 is 0. The van der Waals surface area contributed by atoms with E-state index in [-0.39, 0.29) is 17.9 Å². The Morgan fingerprint density at radius 1 is 1.29 bits per heavy atom. The molecule has 1 saturated carbocycles. The smallest absolute Gasteiger partial charge is 0.242 e. The molecule has 0 aliphatic heterocycles. The maximum atomic E-state index is 12.1. The molecule has 1 fully saturated rings. The Balaban J connectivity index is 2.66. The lowest BCUT2D eigenvalue weighted by Crippen LogP contribution is -2.56. The Kier molecular flexibility index (Phi) is 4.14. The van der Waals surface area contributed by atoms with E-state index in [0.29, 0.717) is 12.3 Å². The molecule has 0 aromatic carbocycles. The van der Waals surface area contributed by atoms with Gasteiger partial charge in [-0.05, 0) is 39.0 Å². The maximum absolute atomic E-state index is 12.1. The van der Waals surface area contributed by atoms with Crippen LogP contribution in [0, 0.1) is 11.8 Å². The lowest BCUT2D eigenvalue weighted by atomic mass is 9.77. The number of carbonyl (C=O) groups excluding carboxylic acids is 2. The number of hydrogen-bond donors (Lipinski definition) is 3. The standard InChI is InChI=1S/C12H23N3O2/c1-7-4-5-8(13)6-9(7)10(16)15-12(2,3)11(14)17/h7-9H,4-6,13H2,1-3H3,(H2,14,17)(H,15,16). The van der Waals surface area contributed by atoms with E-state index in [9.17, 15) is 9.59 Å². The second-order valence-electron chi connectivity index (χ2n) is 5.64. The fourth-order valence-electron chi connectivity index (χ4n) is 2.18. The van der Waals surface area contributed by atoms with Crippen molar-refractivity contribution >= 4 is 11.8 Å². The molecule has 0 heterocycles. The van der Waals surface area contributed by atoms with E-state index in [2.05, 4.69) is 5.32 Å². The minimum absolute atomic E-state index is 0.0821. The van der Waals surface area contributed by atoms with E-state index in [1.807, 2.05) is 6.92 Å². The first kappa shape index (κ1) is 14.0. The third-order valence-corrected chi connectivity index (χ3v) is 3.62. The first-order valence-corrected chi connectivity index (χ1v) is 6.11. The maximum Gasteiger partial charge on any atom is 0.242 e. The van der Waals surface area contributed by atoms with E-state index in [1.165, 1.54) is 0 Å². The predicted octanol–water partition coefficient (Wildman–Crippen LogP) is 0.130. The van der Waals surface area contributed by atoms with Crippen LogP contribution >= 0.6 is 0 Å². The largest absolute Gasteiger partial charge is 0.368 e. The van der Waals surface area contributed by atoms with Crippen LogP contribution in [-0.4, -0.2) is 23.4 Å². The van der Waals surface area contributed by atoms with Crippen molar-refractivity contribution in [3.8, 4) is 0 Å². The summed E-state index contributed by atoms with van der Waals surface area (Å²) in [4.78, 5) is 23.3. The van der Waals surface area contributed by atoms with Crippen molar-refractivity contribution in [3.63, 3.8) is 0 Å².